The lowest BCUT2D eigenvalue weighted by Gasteiger charge is -1.95. The predicted molar refractivity (Wildman–Crippen MR) is 37.7 cm³/mol. The zero-order valence-corrected chi connectivity index (χ0v) is 6.12. The molecule has 1 aromatic carbocycles. The Morgan fingerprint density at radius 3 is 2.54 bits per heavy atom. The predicted octanol–water partition coefficient (Wildman–Crippen LogP) is 1.74. The lowest BCUT2D eigenvalue weighted by atomic mass is 10.2. The first-order chi connectivity index (χ1) is 6.06. The Morgan fingerprint density at radius 1 is 1.46 bits per heavy atom. The summed E-state index contributed by atoms with van der Waals surface area (Å²) in [5.41, 5.74) is -1.62. The summed E-state index contributed by atoms with van der Waals surface area (Å²) in [4.78, 5) is 9.20. The maximum atomic E-state index is 12.7. The van der Waals surface area contributed by atoms with Gasteiger partial charge in [-0.2, -0.15) is 5.26 Å². The van der Waals surface area contributed by atoms with Gasteiger partial charge in [0, 0.05) is 6.07 Å². The van der Waals surface area contributed by atoms with Crippen LogP contribution in [0, 0.1) is 33.1 Å². The summed E-state index contributed by atoms with van der Waals surface area (Å²) in [5, 5.41) is 18.5. The van der Waals surface area contributed by atoms with E-state index in [1.165, 1.54) is 6.07 Å². The Morgan fingerprint density at radius 2 is 2.08 bits per heavy atom. The van der Waals surface area contributed by atoms with Crippen LogP contribution in [0.1, 0.15) is 5.56 Å². The molecule has 0 atom stereocenters. The van der Waals surface area contributed by atoms with Crippen LogP contribution in [0.5, 0.6) is 0 Å². The lowest BCUT2D eigenvalue weighted by Crippen LogP contribution is -1.96. The third kappa shape index (κ3) is 1.59. The Hall–Kier alpha value is -2.03. The van der Waals surface area contributed by atoms with E-state index in [0.717, 1.165) is 0 Å². The highest BCUT2D eigenvalue weighted by Crippen LogP contribution is 2.21. The Balaban J connectivity index is 3.50. The normalized spacial score (nSPS) is 9.31. The first-order valence-corrected chi connectivity index (χ1v) is 3.10. The number of benzene rings is 1. The van der Waals surface area contributed by atoms with Gasteiger partial charge in [0.1, 0.15) is 11.9 Å². The zero-order valence-electron chi connectivity index (χ0n) is 6.12. The van der Waals surface area contributed by atoms with Crippen molar-refractivity contribution in [3.63, 3.8) is 0 Å². The second-order valence-electron chi connectivity index (χ2n) is 2.15. The van der Waals surface area contributed by atoms with Crippen LogP contribution in [-0.2, 0) is 0 Å². The average molecular weight is 184 g/mol. The van der Waals surface area contributed by atoms with Crippen molar-refractivity contribution in [3.8, 4) is 6.07 Å². The Labute approximate surface area is 71.2 Å². The van der Waals surface area contributed by atoms with Gasteiger partial charge in [0.25, 0.3) is 5.69 Å². The molecule has 13 heavy (non-hydrogen) atoms. The minimum absolute atomic E-state index is 0.422. The van der Waals surface area contributed by atoms with Gasteiger partial charge >= 0.3 is 0 Å². The van der Waals surface area contributed by atoms with Gasteiger partial charge in [-0.25, -0.2) is 8.78 Å². The summed E-state index contributed by atoms with van der Waals surface area (Å²) in [6, 6.07) is 2.21. The van der Waals surface area contributed by atoms with Crippen LogP contribution in [0.3, 0.4) is 0 Å². The second-order valence-corrected chi connectivity index (χ2v) is 2.15. The van der Waals surface area contributed by atoms with E-state index in [9.17, 15) is 18.9 Å². The second kappa shape index (κ2) is 3.15. The van der Waals surface area contributed by atoms with E-state index < -0.39 is 27.8 Å². The summed E-state index contributed by atoms with van der Waals surface area (Å²) >= 11 is 0. The third-order valence-electron chi connectivity index (χ3n) is 1.34. The van der Waals surface area contributed by atoms with Crippen LogP contribution >= 0.6 is 0 Å². The number of nitriles is 1. The van der Waals surface area contributed by atoms with Gasteiger partial charge in [0.2, 0.25) is 0 Å². The van der Waals surface area contributed by atoms with E-state index in [0.29, 0.717) is 12.1 Å². The molecule has 0 spiro atoms. The highest BCUT2D eigenvalue weighted by atomic mass is 19.1. The van der Waals surface area contributed by atoms with E-state index in [2.05, 4.69) is 0 Å². The lowest BCUT2D eigenvalue weighted by molar-refractivity contribution is -0.385. The molecule has 0 aliphatic carbocycles. The summed E-state index contributed by atoms with van der Waals surface area (Å²) in [7, 11) is 0. The molecule has 0 saturated carbocycles. The molecule has 0 heterocycles. The number of hydrogen-bond acceptors (Lipinski definition) is 3. The molecule has 0 radical (unpaired) electrons. The minimum atomic E-state index is -1.23. The van der Waals surface area contributed by atoms with Crippen molar-refractivity contribution in [1.82, 2.24) is 0 Å². The first kappa shape index (κ1) is 9.06. The van der Waals surface area contributed by atoms with Crippen molar-refractivity contribution in [2.75, 3.05) is 0 Å². The molecule has 0 unspecified atom stereocenters. The van der Waals surface area contributed by atoms with Gasteiger partial charge < -0.3 is 0 Å². The van der Waals surface area contributed by atoms with E-state index in [4.69, 9.17) is 5.26 Å². The average Bonchev–Trinajstić information content (AvgIpc) is 2.02. The highest BCUT2D eigenvalue weighted by molar-refractivity contribution is 5.49. The molecule has 0 fully saturated rings. The first-order valence-electron chi connectivity index (χ1n) is 3.10. The van der Waals surface area contributed by atoms with Gasteiger partial charge in [-0.05, 0) is 0 Å². The van der Waals surface area contributed by atoms with Crippen LogP contribution in [0.15, 0.2) is 12.1 Å². The van der Waals surface area contributed by atoms with E-state index in [1.54, 1.807) is 0 Å². The van der Waals surface area contributed by atoms with Gasteiger partial charge in [0.05, 0.1) is 11.0 Å². The molecule has 0 N–H and O–H groups in total. The number of hydrogen-bond donors (Lipinski definition) is 0. The Bertz CT molecular complexity index is 412. The van der Waals surface area contributed by atoms with E-state index in [-0.39, 0.29) is 0 Å². The fraction of sp³-hybridized carbons (Fsp3) is 0. The number of nitrogens with zero attached hydrogens (tertiary/aromatic N) is 2. The summed E-state index contributed by atoms with van der Waals surface area (Å²) in [6.45, 7) is 0. The number of halogens is 2. The monoisotopic (exact) mass is 184 g/mol. The third-order valence-corrected chi connectivity index (χ3v) is 1.34. The van der Waals surface area contributed by atoms with Crippen LogP contribution in [0.4, 0.5) is 14.5 Å². The molecular weight excluding hydrogens is 182 g/mol. The smallest absolute Gasteiger partial charge is 0.258 e. The molecule has 0 amide bonds. The zero-order chi connectivity index (χ0) is 10.0. The standard InChI is InChI=1S/C7H2F2N2O2/c8-4-1-6(9)5(3-10)7(2-4)11(12)13/h1-2H. The van der Waals surface area contributed by atoms with Gasteiger partial charge in [0.15, 0.2) is 11.4 Å². The van der Waals surface area contributed by atoms with Crippen molar-refractivity contribution in [2.45, 2.75) is 0 Å². The topological polar surface area (TPSA) is 66.9 Å². The number of nitro benzene ring substituents is 1. The molecule has 0 saturated heterocycles. The molecule has 1 rings (SSSR count). The number of rotatable bonds is 1. The quantitative estimate of drug-likeness (QED) is 0.493. The molecule has 0 aromatic heterocycles. The maximum absolute atomic E-state index is 12.7. The van der Waals surface area contributed by atoms with Crippen molar-refractivity contribution in [3.05, 3.63) is 39.4 Å². The maximum Gasteiger partial charge on any atom is 0.293 e. The van der Waals surface area contributed by atoms with Crippen LogP contribution < -0.4 is 0 Å². The molecule has 4 nitrogen and oxygen atoms in total. The fourth-order valence-electron chi connectivity index (χ4n) is 0.815. The fourth-order valence-corrected chi connectivity index (χ4v) is 0.815. The summed E-state index contributed by atoms with van der Waals surface area (Å²) < 4.78 is 25.2. The molecule has 0 aliphatic heterocycles. The Kier molecular flexibility index (Phi) is 2.19. The van der Waals surface area contributed by atoms with Crippen molar-refractivity contribution in [2.24, 2.45) is 0 Å². The molecule has 6 heteroatoms. The van der Waals surface area contributed by atoms with Crippen molar-refractivity contribution in [1.29, 1.82) is 5.26 Å². The molecule has 0 bridgehead atoms. The SMILES string of the molecule is N#Cc1c(F)cc(F)cc1[N+](=O)[O-]. The summed E-state index contributed by atoms with van der Waals surface area (Å²) in [5.74, 6) is -2.31. The largest absolute Gasteiger partial charge is 0.293 e. The van der Waals surface area contributed by atoms with E-state index in [1.807, 2.05) is 0 Å². The summed E-state index contributed by atoms with van der Waals surface area (Å²) in [6.07, 6.45) is 0. The van der Waals surface area contributed by atoms with Crippen molar-refractivity contribution < 1.29 is 13.7 Å². The van der Waals surface area contributed by atoms with Crippen LogP contribution in [0.25, 0.3) is 0 Å². The van der Waals surface area contributed by atoms with Crippen LogP contribution in [0.2, 0.25) is 0 Å². The molecule has 66 valence electrons. The van der Waals surface area contributed by atoms with Gasteiger partial charge in [-0.1, -0.05) is 0 Å². The van der Waals surface area contributed by atoms with Gasteiger partial charge in [-0.15, -0.1) is 0 Å². The van der Waals surface area contributed by atoms with E-state index >= 15 is 0 Å². The van der Waals surface area contributed by atoms with Crippen molar-refractivity contribution >= 4 is 5.69 Å². The molecule has 0 aliphatic rings. The molecule has 1 aromatic rings. The highest BCUT2D eigenvalue weighted by Gasteiger charge is 2.19. The van der Waals surface area contributed by atoms with Gasteiger partial charge in [-0.3, -0.25) is 10.1 Å². The minimum Gasteiger partial charge on any atom is -0.258 e. The van der Waals surface area contributed by atoms with Crippen LogP contribution in [-0.4, -0.2) is 4.92 Å². The number of nitro groups is 1. The molecular formula is C7H2F2N2O2.